The van der Waals surface area contributed by atoms with Gasteiger partial charge in [-0.3, -0.25) is 9.69 Å². The monoisotopic (exact) mass is 298 g/mol. The molecule has 0 unspecified atom stereocenters. The number of carbonyl (C=O) groups is 1. The van der Waals surface area contributed by atoms with Crippen LogP contribution in [0.4, 0.5) is 4.39 Å². The molecule has 2 fully saturated rings. The van der Waals surface area contributed by atoms with Gasteiger partial charge in [0.1, 0.15) is 5.82 Å². The second-order valence-corrected chi connectivity index (χ2v) is 5.78. The molecule has 2 atom stereocenters. The van der Waals surface area contributed by atoms with E-state index in [-0.39, 0.29) is 23.7 Å². The van der Waals surface area contributed by atoms with Crippen LogP contribution in [-0.4, -0.2) is 43.2 Å². The van der Waals surface area contributed by atoms with Crippen molar-refractivity contribution in [2.45, 2.75) is 12.6 Å². The molecule has 0 radical (unpaired) electrons. The zero-order valence-electron chi connectivity index (χ0n) is 10.9. The summed E-state index contributed by atoms with van der Waals surface area (Å²) in [7, 11) is 0. The molecule has 4 nitrogen and oxygen atoms in total. The van der Waals surface area contributed by atoms with Crippen molar-refractivity contribution in [3.63, 3.8) is 0 Å². The summed E-state index contributed by atoms with van der Waals surface area (Å²) < 4.78 is 18.8. The van der Waals surface area contributed by atoms with Crippen molar-refractivity contribution in [1.29, 1.82) is 0 Å². The lowest BCUT2D eigenvalue weighted by molar-refractivity contribution is -0.125. The molecule has 6 heteroatoms. The van der Waals surface area contributed by atoms with Crippen LogP contribution in [0.25, 0.3) is 0 Å². The zero-order valence-corrected chi connectivity index (χ0v) is 11.7. The third-order valence-electron chi connectivity index (χ3n) is 3.71. The Morgan fingerprint density at radius 1 is 1.40 bits per heavy atom. The third-order valence-corrected chi connectivity index (χ3v) is 4.08. The van der Waals surface area contributed by atoms with Gasteiger partial charge in [0.15, 0.2) is 0 Å². The Hall–Kier alpha value is -1.17. The average Bonchev–Trinajstić information content (AvgIpc) is 2.63. The molecule has 0 aliphatic carbocycles. The van der Waals surface area contributed by atoms with E-state index in [1.54, 1.807) is 6.07 Å². The van der Waals surface area contributed by atoms with Crippen LogP contribution in [0, 0.1) is 11.7 Å². The standard InChI is InChI=1S/C14H16ClFN2O2/c15-13-2-1-11(16)3-9(13)4-18-5-10-7-20-8-12(6-18)17-14(10)19/h1-3,10,12H,4-8H2,(H,17,19)/t10-,12+/m1/s1. The number of benzene rings is 1. The fraction of sp³-hybridized carbons (Fsp3) is 0.500. The minimum Gasteiger partial charge on any atom is -0.378 e. The van der Waals surface area contributed by atoms with E-state index < -0.39 is 0 Å². The van der Waals surface area contributed by atoms with Gasteiger partial charge in [0.2, 0.25) is 5.91 Å². The normalized spacial score (nSPS) is 27.0. The topological polar surface area (TPSA) is 41.6 Å². The first kappa shape index (κ1) is 13.8. The Morgan fingerprint density at radius 2 is 2.25 bits per heavy atom. The van der Waals surface area contributed by atoms with Crippen molar-refractivity contribution in [3.05, 3.63) is 34.6 Å². The highest BCUT2D eigenvalue weighted by Crippen LogP contribution is 2.21. The largest absolute Gasteiger partial charge is 0.378 e. The molecule has 1 amide bonds. The van der Waals surface area contributed by atoms with Gasteiger partial charge in [0.25, 0.3) is 0 Å². The van der Waals surface area contributed by atoms with Crippen LogP contribution in [0.15, 0.2) is 18.2 Å². The molecule has 2 saturated heterocycles. The fourth-order valence-corrected chi connectivity index (χ4v) is 2.93. The smallest absolute Gasteiger partial charge is 0.227 e. The second kappa shape index (κ2) is 5.68. The molecule has 3 rings (SSSR count). The molecule has 1 aromatic carbocycles. The number of hydrogen-bond acceptors (Lipinski definition) is 3. The number of nitrogens with one attached hydrogen (secondary N) is 1. The van der Waals surface area contributed by atoms with E-state index in [4.69, 9.17) is 16.3 Å². The van der Waals surface area contributed by atoms with Crippen LogP contribution in [0.5, 0.6) is 0 Å². The van der Waals surface area contributed by atoms with Crippen molar-refractivity contribution in [3.8, 4) is 0 Å². The van der Waals surface area contributed by atoms with E-state index in [0.29, 0.717) is 37.9 Å². The molecule has 1 aromatic rings. The molecular formula is C14H16ClFN2O2. The molecule has 0 spiro atoms. The molecule has 20 heavy (non-hydrogen) atoms. The molecule has 2 bridgehead atoms. The highest BCUT2D eigenvalue weighted by molar-refractivity contribution is 6.31. The van der Waals surface area contributed by atoms with Crippen molar-refractivity contribution < 1.29 is 13.9 Å². The van der Waals surface area contributed by atoms with Crippen molar-refractivity contribution in [1.82, 2.24) is 10.2 Å². The van der Waals surface area contributed by atoms with E-state index in [2.05, 4.69) is 10.2 Å². The summed E-state index contributed by atoms with van der Waals surface area (Å²) in [4.78, 5) is 14.0. The molecule has 0 saturated carbocycles. The predicted molar refractivity (Wildman–Crippen MR) is 72.9 cm³/mol. The number of carbonyl (C=O) groups excluding carboxylic acids is 1. The van der Waals surface area contributed by atoms with Gasteiger partial charge >= 0.3 is 0 Å². The minimum absolute atomic E-state index is 0.0117. The van der Waals surface area contributed by atoms with Crippen LogP contribution >= 0.6 is 11.6 Å². The number of halogens is 2. The summed E-state index contributed by atoms with van der Waals surface area (Å²) in [6.45, 7) is 2.80. The van der Waals surface area contributed by atoms with Gasteiger partial charge in [-0.2, -0.15) is 0 Å². The van der Waals surface area contributed by atoms with Gasteiger partial charge in [-0.15, -0.1) is 0 Å². The second-order valence-electron chi connectivity index (χ2n) is 5.37. The average molecular weight is 299 g/mol. The first-order valence-electron chi connectivity index (χ1n) is 6.66. The zero-order chi connectivity index (χ0) is 14.1. The Labute approximate surface area is 121 Å². The highest BCUT2D eigenvalue weighted by atomic mass is 35.5. The first-order chi connectivity index (χ1) is 9.61. The molecule has 2 heterocycles. The first-order valence-corrected chi connectivity index (χ1v) is 7.04. The molecule has 2 aliphatic rings. The summed E-state index contributed by atoms with van der Waals surface area (Å²) in [6, 6.07) is 4.36. The van der Waals surface area contributed by atoms with Gasteiger partial charge in [-0.25, -0.2) is 4.39 Å². The lowest BCUT2D eigenvalue weighted by Gasteiger charge is -2.27. The Morgan fingerprint density at radius 3 is 3.10 bits per heavy atom. The maximum absolute atomic E-state index is 13.3. The van der Waals surface area contributed by atoms with Crippen molar-refractivity contribution in [2.24, 2.45) is 5.92 Å². The fourth-order valence-electron chi connectivity index (χ4n) is 2.76. The Kier molecular flexibility index (Phi) is 3.92. The SMILES string of the molecule is O=C1N[C@@H]2COC[C@H]1CN(Cc1cc(F)ccc1Cl)C2. The van der Waals surface area contributed by atoms with E-state index in [1.165, 1.54) is 12.1 Å². The van der Waals surface area contributed by atoms with E-state index in [0.717, 1.165) is 5.56 Å². The van der Waals surface area contributed by atoms with Crippen molar-refractivity contribution >= 4 is 17.5 Å². The summed E-state index contributed by atoms with van der Waals surface area (Å²) in [6.07, 6.45) is 0. The quantitative estimate of drug-likeness (QED) is 0.898. The highest BCUT2D eigenvalue weighted by Gasteiger charge is 2.33. The lowest BCUT2D eigenvalue weighted by atomic mass is 10.1. The summed E-state index contributed by atoms with van der Waals surface area (Å²) in [5, 5.41) is 3.52. The van der Waals surface area contributed by atoms with Crippen LogP contribution in [-0.2, 0) is 16.1 Å². The Bertz CT molecular complexity index is 526. The molecule has 2 aliphatic heterocycles. The summed E-state index contributed by atoms with van der Waals surface area (Å²) in [5.74, 6) is -0.424. The van der Waals surface area contributed by atoms with Gasteiger partial charge in [0.05, 0.1) is 25.2 Å². The number of hydrogen-bond donors (Lipinski definition) is 1. The van der Waals surface area contributed by atoms with Crippen LogP contribution in [0.1, 0.15) is 5.56 Å². The maximum Gasteiger partial charge on any atom is 0.227 e. The van der Waals surface area contributed by atoms with Crippen LogP contribution < -0.4 is 5.32 Å². The number of rotatable bonds is 2. The Balaban J connectivity index is 1.77. The van der Waals surface area contributed by atoms with Gasteiger partial charge < -0.3 is 10.1 Å². The third kappa shape index (κ3) is 2.95. The van der Waals surface area contributed by atoms with Gasteiger partial charge in [-0.1, -0.05) is 11.6 Å². The minimum atomic E-state index is -0.294. The van der Waals surface area contributed by atoms with E-state index >= 15 is 0 Å². The van der Waals surface area contributed by atoms with E-state index in [1.807, 2.05) is 0 Å². The number of ether oxygens (including phenoxy) is 1. The van der Waals surface area contributed by atoms with Gasteiger partial charge in [0, 0.05) is 24.7 Å². The number of amides is 1. The maximum atomic E-state index is 13.3. The van der Waals surface area contributed by atoms with Crippen LogP contribution in [0.3, 0.4) is 0 Å². The molecular weight excluding hydrogens is 283 g/mol. The summed E-state index contributed by atoms with van der Waals surface area (Å²) >= 11 is 6.10. The molecule has 0 aromatic heterocycles. The summed E-state index contributed by atoms with van der Waals surface area (Å²) in [5.41, 5.74) is 0.750. The molecule has 1 N–H and O–H groups in total. The molecule has 108 valence electrons. The van der Waals surface area contributed by atoms with E-state index in [9.17, 15) is 9.18 Å². The predicted octanol–water partition coefficient (Wildman–Crippen LogP) is 1.43. The number of nitrogens with zero attached hydrogens (tertiary/aromatic N) is 1. The van der Waals surface area contributed by atoms with Crippen LogP contribution in [0.2, 0.25) is 5.02 Å². The van der Waals surface area contributed by atoms with Crippen molar-refractivity contribution in [2.75, 3.05) is 26.3 Å². The number of fused-ring (bicyclic) bond motifs is 3. The lowest BCUT2D eigenvalue weighted by Crippen LogP contribution is -2.41. The van der Waals surface area contributed by atoms with Gasteiger partial charge in [-0.05, 0) is 23.8 Å².